The molecule has 150 valence electrons. The number of nitro groups is 1. The first kappa shape index (κ1) is 20.1. The molecule has 4 aromatic rings. The molecule has 1 amide bonds. The normalized spacial score (nSPS) is 10.9. The molecule has 1 N–H and O–H groups in total. The maximum atomic E-state index is 13.1. The molecule has 1 aromatic heterocycles. The van der Waals surface area contributed by atoms with Gasteiger partial charge in [-0.25, -0.2) is 0 Å². The van der Waals surface area contributed by atoms with Gasteiger partial charge in [0.2, 0.25) is 0 Å². The van der Waals surface area contributed by atoms with Crippen LogP contribution in [0.1, 0.15) is 26.4 Å². The van der Waals surface area contributed by atoms with E-state index >= 15 is 0 Å². The summed E-state index contributed by atoms with van der Waals surface area (Å²) < 4.78 is 1.03. The van der Waals surface area contributed by atoms with Crippen LogP contribution in [0, 0.1) is 17.0 Å². The zero-order valence-corrected chi connectivity index (χ0v) is 17.6. The molecular formula is C23H17ClN2O3S. The van der Waals surface area contributed by atoms with Gasteiger partial charge >= 0.3 is 0 Å². The lowest BCUT2D eigenvalue weighted by Crippen LogP contribution is -2.13. The second kappa shape index (κ2) is 8.26. The topological polar surface area (TPSA) is 72.2 Å². The van der Waals surface area contributed by atoms with Crippen LogP contribution in [-0.2, 0) is 6.42 Å². The van der Waals surface area contributed by atoms with Crippen LogP contribution in [0.3, 0.4) is 0 Å². The third-order valence-corrected chi connectivity index (χ3v) is 6.34. The number of nitrogens with zero attached hydrogens (tertiary/aromatic N) is 1. The van der Waals surface area contributed by atoms with Crippen molar-refractivity contribution in [3.8, 4) is 0 Å². The Morgan fingerprint density at radius 1 is 1.10 bits per heavy atom. The molecule has 0 saturated heterocycles. The van der Waals surface area contributed by atoms with Crippen LogP contribution in [0.2, 0.25) is 5.02 Å². The lowest BCUT2D eigenvalue weighted by Gasteiger charge is -2.09. The molecule has 0 bridgehead atoms. The fourth-order valence-corrected chi connectivity index (χ4v) is 4.60. The van der Waals surface area contributed by atoms with Gasteiger partial charge in [-0.1, -0.05) is 59.6 Å². The fraction of sp³-hybridized carbons (Fsp3) is 0.0870. The van der Waals surface area contributed by atoms with Gasteiger partial charge in [-0.2, -0.15) is 0 Å². The van der Waals surface area contributed by atoms with Gasteiger partial charge in [0.25, 0.3) is 11.6 Å². The number of carbonyl (C=O) groups excluding carboxylic acids is 1. The highest BCUT2D eigenvalue weighted by Crippen LogP contribution is 2.34. The Balaban J connectivity index is 1.70. The highest BCUT2D eigenvalue weighted by molar-refractivity contribution is 7.21. The van der Waals surface area contributed by atoms with Crippen molar-refractivity contribution in [2.45, 2.75) is 13.3 Å². The molecular weight excluding hydrogens is 420 g/mol. The van der Waals surface area contributed by atoms with Crippen molar-refractivity contribution in [1.82, 2.24) is 0 Å². The summed E-state index contributed by atoms with van der Waals surface area (Å²) in [7, 11) is 0. The smallest absolute Gasteiger partial charge is 0.271 e. The Bertz CT molecular complexity index is 1270. The van der Waals surface area contributed by atoms with Gasteiger partial charge in [0, 0.05) is 16.8 Å². The highest BCUT2D eigenvalue weighted by Gasteiger charge is 2.20. The predicted molar refractivity (Wildman–Crippen MR) is 122 cm³/mol. The standard InChI is InChI=1S/C23H17ClN2O3S/c1-14-6-8-15(9-7-14)12-18-17-4-2-3-5-21(17)30-22(18)23(27)25-20-11-10-16(26(28)29)13-19(20)24/h2-11,13H,12H2,1H3,(H,25,27). The summed E-state index contributed by atoms with van der Waals surface area (Å²) in [6.45, 7) is 2.04. The first-order valence-corrected chi connectivity index (χ1v) is 10.4. The van der Waals surface area contributed by atoms with Crippen LogP contribution < -0.4 is 5.32 Å². The van der Waals surface area contributed by atoms with Crippen molar-refractivity contribution in [3.05, 3.63) is 103 Å². The molecule has 30 heavy (non-hydrogen) atoms. The summed E-state index contributed by atoms with van der Waals surface area (Å²) in [5.41, 5.74) is 3.46. The zero-order chi connectivity index (χ0) is 21.3. The first-order valence-electron chi connectivity index (χ1n) is 9.23. The van der Waals surface area contributed by atoms with Crippen molar-refractivity contribution in [1.29, 1.82) is 0 Å². The Morgan fingerprint density at radius 3 is 2.53 bits per heavy atom. The minimum Gasteiger partial charge on any atom is -0.320 e. The molecule has 3 aromatic carbocycles. The van der Waals surface area contributed by atoms with Crippen LogP contribution in [0.15, 0.2) is 66.7 Å². The lowest BCUT2D eigenvalue weighted by atomic mass is 10.0. The number of non-ortho nitro benzene ring substituents is 1. The number of aryl methyl sites for hydroxylation is 1. The number of nitrogens with one attached hydrogen (secondary N) is 1. The van der Waals surface area contributed by atoms with Crippen LogP contribution in [0.4, 0.5) is 11.4 Å². The molecule has 0 aliphatic heterocycles. The lowest BCUT2D eigenvalue weighted by molar-refractivity contribution is -0.384. The van der Waals surface area contributed by atoms with Gasteiger partial charge in [-0.15, -0.1) is 11.3 Å². The van der Waals surface area contributed by atoms with E-state index in [0.717, 1.165) is 21.2 Å². The number of hydrogen-bond acceptors (Lipinski definition) is 4. The number of benzene rings is 3. The molecule has 0 radical (unpaired) electrons. The summed E-state index contributed by atoms with van der Waals surface area (Å²) >= 11 is 7.58. The maximum Gasteiger partial charge on any atom is 0.271 e. The molecule has 5 nitrogen and oxygen atoms in total. The van der Waals surface area contributed by atoms with Crippen molar-refractivity contribution in [2.75, 3.05) is 5.32 Å². The average Bonchev–Trinajstić information content (AvgIpc) is 3.09. The maximum absolute atomic E-state index is 13.1. The molecule has 0 unspecified atom stereocenters. The van der Waals surface area contributed by atoms with Gasteiger partial charge < -0.3 is 5.32 Å². The molecule has 0 aliphatic rings. The van der Waals surface area contributed by atoms with Gasteiger partial charge in [-0.05, 0) is 42.0 Å². The second-order valence-corrected chi connectivity index (χ2v) is 8.40. The molecule has 0 spiro atoms. The highest BCUT2D eigenvalue weighted by atomic mass is 35.5. The summed E-state index contributed by atoms with van der Waals surface area (Å²) in [6, 6.07) is 20.2. The van der Waals surface area contributed by atoms with E-state index < -0.39 is 4.92 Å². The van der Waals surface area contributed by atoms with E-state index in [9.17, 15) is 14.9 Å². The van der Waals surface area contributed by atoms with Crippen molar-refractivity contribution < 1.29 is 9.72 Å². The van der Waals surface area contributed by atoms with E-state index in [1.807, 2.05) is 31.2 Å². The molecule has 4 rings (SSSR count). The van der Waals surface area contributed by atoms with Gasteiger partial charge in [0.05, 0.1) is 20.5 Å². The summed E-state index contributed by atoms with van der Waals surface area (Å²) in [5, 5.41) is 14.9. The molecule has 0 atom stereocenters. The van der Waals surface area contributed by atoms with E-state index in [1.165, 1.54) is 35.1 Å². The summed E-state index contributed by atoms with van der Waals surface area (Å²) in [6.07, 6.45) is 0.626. The number of thiophene rings is 1. The summed E-state index contributed by atoms with van der Waals surface area (Å²) in [4.78, 5) is 24.1. The molecule has 0 aliphatic carbocycles. The number of amides is 1. The summed E-state index contributed by atoms with van der Waals surface area (Å²) in [5.74, 6) is -0.283. The van der Waals surface area contributed by atoms with Crippen LogP contribution in [-0.4, -0.2) is 10.8 Å². The molecule has 7 heteroatoms. The van der Waals surface area contributed by atoms with Crippen LogP contribution >= 0.6 is 22.9 Å². The van der Waals surface area contributed by atoms with Crippen LogP contribution in [0.25, 0.3) is 10.1 Å². The number of nitro benzene ring substituents is 1. The number of anilines is 1. The van der Waals surface area contributed by atoms with Crippen molar-refractivity contribution >= 4 is 50.3 Å². The fourth-order valence-electron chi connectivity index (χ4n) is 3.27. The minimum atomic E-state index is -0.525. The van der Waals surface area contributed by atoms with Crippen LogP contribution in [0.5, 0.6) is 0 Å². The molecule has 1 heterocycles. The third kappa shape index (κ3) is 4.06. The zero-order valence-electron chi connectivity index (χ0n) is 16.0. The number of carbonyl (C=O) groups is 1. The largest absolute Gasteiger partial charge is 0.320 e. The van der Waals surface area contributed by atoms with Crippen molar-refractivity contribution in [3.63, 3.8) is 0 Å². The van der Waals surface area contributed by atoms with E-state index in [-0.39, 0.29) is 16.6 Å². The van der Waals surface area contributed by atoms with E-state index in [4.69, 9.17) is 11.6 Å². The second-order valence-electron chi connectivity index (χ2n) is 6.94. The van der Waals surface area contributed by atoms with E-state index in [1.54, 1.807) is 0 Å². The van der Waals surface area contributed by atoms with Gasteiger partial charge in [-0.3, -0.25) is 14.9 Å². The predicted octanol–water partition coefficient (Wildman–Crippen LogP) is 6.61. The van der Waals surface area contributed by atoms with Gasteiger partial charge in [0.1, 0.15) is 0 Å². The Kier molecular flexibility index (Phi) is 5.53. The van der Waals surface area contributed by atoms with Gasteiger partial charge in [0.15, 0.2) is 0 Å². The minimum absolute atomic E-state index is 0.124. The first-order chi connectivity index (χ1) is 14.4. The third-order valence-electron chi connectivity index (χ3n) is 4.82. The Hall–Kier alpha value is -3.22. The SMILES string of the molecule is Cc1ccc(Cc2c(C(=O)Nc3ccc([N+](=O)[O-])cc3Cl)sc3ccccc23)cc1. The van der Waals surface area contributed by atoms with Crippen molar-refractivity contribution in [2.24, 2.45) is 0 Å². The quantitative estimate of drug-likeness (QED) is 0.282. The Morgan fingerprint density at radius 2 is 1.83 bits per heavy atom. The number of fused-ring (bicyclic) bond motifs is 1. The van der Waals surface area contributed by atoms with E-state index in [0.29, 0.717) is 17.0 Å². The van der Waals surface area contributed by atoms with E-state index in [2.05, 4.69) is 29.6 Å². The number of hydrogen-bond donors (Lipinski definition) is 1. The molecule has 0 saturated carbocycles. The average molecular weight is 437 g/mol. The molecule has 0 fully saturated rings. The number of halogens is 1. The number of rotatable bonds is 5. The Labute approximate surface area is 182 Å². The monoisotopic (exact) mass is 436 g/mol.